The Morgan fingerprint density at radius 1 is 1.05 bits per heavy atom. The van der Waals surface area contributed by atoms with Crippen molar-refractivity contribution in [3.63, 3.8) is 0 Å². The van der Waals surface area contributed by atoms with Crippen LogP contribution in [-0.2, 0) is 17.8 Å². The molecule has 0 saturated heterocycles. The maximum absolute atomic E-state index is 13.8. The summed E-state index contributed by atoms with van der Waals surface area (Å²) in [4.78, 5) is 31.1. The first-order chi connectivity index (χ1) is 18.9. The van der Waals surface area contributed by atoms with Gasteiger partial charge in [-0.25, -0.2) is 14.6 Å². The van der Waals surface area contributed by atoms with Crippen molar-refractivity contribution < 1.29 is 13.9 Å². The number of aromatic nitrogens is 1. The van der Waals surface area contributed by atoms with Crippen LogP contribution in [0.5, 0.6) is 0 Å². The first-order valence-electron chi connectivity index (χ1n) is 12.9. The van der Waals surface area contributed by atoms with Crippen molar-refractivity contribution in [2.45, 2.75) is 33.3 Å². The second-order valence-electron chi connectivity index (χ2n) is 10.2. The van der Waals surface area contributed by atoms with Crippen molar-refractivity contribution in [3.05, 3.63) is 122 Å². The van der Waals surface area contributed by atoms with Crippen LogP contribution in [0, 0.1) is 12.8 Å². The molecule has 1 aliphatic rings. The van der Waals surface area contributed by atoms with Gasteiger partial charge in [-0.1, -0.05) is 67.1 Å². The van der Waals surface area contributed by atoms with Gasteiger partial charge in [0, 0.05) is 27.4 Å². The quantitative estimate of drug-likeness (QED) is 0.173. The van der Waals surface area contributed by atoms with Crippen LogP contribution in [0.2, 0.25) is 5.02 Å². The Labute approximate surface area is 230 Å². The molecule has 0 bridgehead atoms. The lowest BCUT2D eigenvalue weighted by Crippen LogP contribution is -2.19. The van der Waals surface area contributed by atoms with Gasteiger partial charge < -0.3 is 9.15 Å². The zero-order valence-corrected chi connectivity index (χ0v) is 22.4. The molecule has 0 fully saturated rings. The van der Waals surface area contributed by atoms with Gasteiger partial charge in [-0.2, -0.15) is 0 Å². The van der Waals surface area contributed by atoms with Crippen LogP contribution in [0.4, 0.5) is 0 Å². The average Bonchev–Trinajstić information content (AvgIpc) is 2.92. The molecule has 0 N–H and O–H groups in total. The number of esters is 1. The van der Waals surface area contributed by atoms with Gasteiger partial charge in [-0.3, -0.25) is 0 Å². The minimum atomic E-state index is -0.508. The molecular weight excluding hydrogens is 510 g/mol. The number of carbonyl (C=O) groups is 1. The van der Waals surface area contributed by atoms with E-state index in [0.29, 0.717) is 33.0 Å². The monoisotopic (exact) mass is 535 g/mol. The summed E-state index contributed by atoms with van der Waals surface area (Å²) in [5.41, 5.74) is 6.45. The normalized spacial score (nSPS) is 16.0. The van der Waals surface area contributed by atoms with Crippen molar-refractivity contribution in [2.24, 2.45) is 5.92 Å². The largest absolute Gasteiger partial charge is 0.457 e. The van der Waals surface area contributed by atoms with Crippen molar-refractivity contribution in [2.75, 3.05) is 0 Å². The molecule has 5 aromatic rings. The predicted molar refractivity (Wildman–Crippen MR) is 155 cm³/mol. The maximum Gasteiger partial charge on any atom is 0.339 e. The molecule has 39 heavy (non-hydrogen) atoms. The van der Waals surface area contributed by atoms with Gasteiger partial charge in [0.15, 0.2) is 0 Å². The molecule has 0 spiro atoms. The summed E-state index contributed by atoms with van der Waals surface area (Å²) in [6, 6.07) is 22.6. The van der Waals surface area contributed by atoms with E-state index in [2.05, 4.69) is 25.1 Å². The third-order valence-corrected chi connectivity index (χ3v) is 7.64. The van der Waals surface area contributed by atoms with E-state index in [1.807, 2.05) is 49.4 Å². The summed E-state index contributed by atoms with van der Waals surface area (Å²) in [6.07, 6.45) is 3.75. The fraction of sp³-hybridized carbons (Fsp3) is 0.182. The van der Waals surface area contributed by atoms with E-state index in [4.69, 9.17) is 25.7 Å². The summed E-state index contributed by atoms with van der Waals surface area (Å²) >= 11 is 6.35. The first kappa shape index (κ1) is 25.1. The number of pyridine rings is 1. The highest BCUT2D eigenvalue weighted by molar-refractivity contribution is 6.32. The Balaban J connectivity index is 1.44. The van der Waals surface area contributed by atoms with E-state index < -0.39 is 11.6 Å². The lowest BCUT2D eigenvalue weighted by atomic mass is 9.80. The third-order valence-electron chi connectivity index (χ3n) is 7.23. The number of halogens is 1. The molecule has 1 aliphatic carbocycles. The van der Waals surface area contributed by atoms with Crippen LogP contribution in [0.1, 0.15) is 51.7 Å². The van der Waals surface area contributed by atoms with E-state index in [9.17, 15) is 9.59 Å². The molecule has 2 aromatic heterocycles. The van der Waals surface area contributed by atoms with E-state index in [1.165, 1.54) is 6.07 Å². The molecule has 6 rings (SSSR count). The number of aryl methyl sites for hydroxylation is 1. The number of para-hydroxylation sites is 1. The molecule has 5 nitrogen and oxygen atoms in total. The minimum absolute atomic E-state index is 0.0893. The second-order valence-corrected chi connectivity index (χ2v) is 10.6. The number of ether oxygens (including phenoxy) is 1. The minimum Gasteiger partial charge on any atom is -0.457 e. The summed E-state index contributed by atoms with van der Waals surface area (Å²) in [7, 11) is 0. The summed E-state index contributed by atoms with van der Waals surface area (Å²) in [5, 5.41) is 1.94. The zero-order chi connectivity index (χ0) is 27.1. The Hall–Kier alpha value is -4.22. The van der Waals surface area contributed by atoms with Gasteiger partial charge in [0.2, 0.25) is 0 Å². The third kappa shape index (κ3) is 4.86. The highest BCUT2D eigenvalue weighted by Gasteiger charge is 2.29. The number of carbonyl (C=O) groups excluding carboxylic acids is 1. The maximum atomic E-state index is 13.8. The molecule has 6 heteroatoms. The Morgan fingerprint density at radius 2 is 1.82 bits per heavy atom. The summed E-state index contributed by atoms with van der Waals surface area (Å²) < 4.78 is 11.3. The molecule has 2 heterocycles. The van der Waals surface area contributed by atoms with E-state index in [0.717, 1.165) is 51.7 Å². The number of nitrogens with zero attached hydrogens (tertiary/aromatic N) is 1. The molecule has 0 amide bonds. The van der Waals surface area contributed by atoms with Crippen LogP contribution < -0.4 is 5.63 Å². The Morgan fingerprint density at radius 3 is 2.64 bits per heavy atom. The SMILES string of the molecule is Cc1cc2oc(=O)cc(COC(=O)c3c4c(nc5ccccc35)C(=Cc3ccccc3)CC(C)C4)c2cc1Cl. The van der Waals surface area contributed by atoms with Gasteiger partial charge in [0.1, 0.15) is 12.2 Å². The topological polar surface area (TPSA) is 69.4 Å². The van der Waals surface area contributed by atoms with Gasteiger partial charge in [0.25, 0.3) is 0 Å². The number of rotatable bonds is 4. The highest BCUT2D eigenvalue weighted by Crippen LogP contribution is 2.39. The van der Waals surface area contributed by atoms with Gasteiger partial charge in [-0.05, 0) is 72.2 Å². The molecule has 0 saturated carbocycles. The molecule has 1 unspecified atom stereocenters. The number of allylic oxidation sites excluding steroid dienone is 1. The van der Waals surface area contributed by atoms with Crippen LogP contribution in [0.25, 0.3) is 33.5 Å². The number of hydrogen-bond acceptors (Lipinski definition) is 5. The summed E-state index contributed by atoms with van der Waals surface area (Å²) in [6.45, 7) is 3.94. The smallest absolute Gasteiger partial charge is 0.339 e. The molecular formula is C33H26ClNO4. The Kier molecular flexibility index (Phi) is 6.53. The standard InChI is InChI=1S/C33H26ClNO4/c1-19-12-22(15-21-8-4-3-5-9-21)32-26(13-19)31(24-10-6-7-11-28(24)35-32)33(37)38-18-23-16-30(36)39-29-14-20(2)27(34)17-25(23)29/h3-11,14-17,19H,12-13,18H2,1-2H3. The number of hydrogen-bond donors (Lipinski definition) is 0. The highest BCUT2D eigenvalue weighted by atomic mass is 35.5. The molecule has 0 radical (unpaired) electrons. The van der Waals surface area contributed by atoms with Gasteiger partial charge >= 0.3 is 11.6 Å². The molecule has 194 valence electrons. The lowest BCUT2D eigenvalue weighted by molar-refractivity contribution is 0.0474. The van der Waals surface area contributed by atoms with Crippen molar-refractivity contribution in [1.82, 2.24) is 4.98 Å². The molecule has 0 aliphatic heterocycles. The van der Waals surface area contributed by atoms with E-state index >= 15 is 0 Å². The van der Waals surface area contributed by atoms with Crippen molar-refractivity contribution in [3.8, 4) is 0 Å². The fourth-order valence-electron chi connectivity index (χ4n) is 5.40. The molecule has 1 atom stereocenters. The van der Waals surface area contributed by atoms with Crippen molar-refractivity contribution in [1.29, 1.82) is 0 Å². The summed E-state index contributed by atoms with van der Waals surface area (Å²) in [5.74, 6) is -0.118. The number of fused-ring (bicyclic) bond motifs is 3. The average molecular weight is 536 g/mol. The van der Waals surface area contributed by atoms with Crippen LogP contribution >= 0.6 is 11.6 Å². The van der Waals surface area contributed by atoms with Crippen LogP contribution in [0.15, 0.2) is 82.0 Å². The second kappa shape index (κ2) is 10.2. The van der Waals surface area contributed by atoms with Gasteiger partial charge in [0.05, 0.1) is 16.8 Å². The number of benzene rings is 3. The lowest BCUT2D eigenvalue weighted by Gasteiger charge is -2.26. The van der Waals surface area contributed by atoms with Crippen LogP contribution in [-0.4, -0.2) is 11.0 Å². The Bertz CT molecular complexity index is 1840. The predicted octanol–water partition coefficient (Wildman–Crippen LogP) is 7.78. The zero-order valence-electron chi connectivity index (χ0n) is 21.7. The van der Waals surface area contributed by atoms with Crippen molar-refractivity contribution >= 4 is 51.1 Å². The van der Waals surface area contributed by atoms with E-state index in [-0.39, 0.29) is 6.61 Å². The fourth-order valence-corrected chi connectivity index (χ4v) is 5.57. The van der Waals surface area contributed by atoms with Crippen LogP contribution in [0.3, 0.4) is 0 Å². The van der Waals surface area contributed by atoms with Gasteiger partial charge in [-0.15, -0.1) is 0 Å². The first-order valence-corrected chi connectivity index (χ1v) is 13.3. The molecule has 3 aromatic carbocycles. The van der Waals surface area contributed by atoms with E-state index in [1.54, 1.807) is 12.1 Å².